The summed E-state index contributed by atoms with van der Waals surface area (Å²) in [5.41, 5.74) is 6.97. The minimum atomic E-state index is -0.336. The first-order valence-corrected chi connectivity index (χ1v) is 7.17. The van der Waals surface area contributed by atoms with Crippen LogP contribution in [0.1, 0.15) is 31.4 Å². The first-order valence-electron chi connectivity index (χ1n) is 6.76. The third kappa shape index (κ3) is 3.74. The van der Waals surface area contributed by atoms with Crippen molar-refractivity contribution in [1.29, 1.82) is 0 Å². The van der Waals surface area contributed by atoms with Crippen LogP contribution in [0.2, 0.25) is 0 Å². The molecule has 1 fully saturated rings. The Morgan fingerprint density at radius 3 is 2.58 bits per heavy atom. The number of likely N-dealkylation sites (tertiary alicyclic amines) is 1. The lowest BCUT2D eigenvalue weighted by molar-refractivity contribution is 0.134. The zero-order valence-electron chi connectivity index (χ0n) is 11.5. The number of nitrogens with two attached hydrogens (primary N) is 1. The summed E-state index contributed by atoms with van der Waals surface area (Å²) in [5.74, 6) is 1.11. The lowest BCUT2D eigenvalue weighted by atomic mass is 9.91. The fourth-order valence-corrected chi connectivity index (χ4v) is 3.20. The van der Waals surface area contributed by atoms with Crippen molar-refractivity contribution in [3.05, 3.63) is 35.1 Å². The summed E-state index contributed by atoms with van der Waals surface area (Å²) in [6.45, 7) is 7.61. The Hall–Kier alpha value is -1.00. The zero-order chi connectivity index (χ0) is 14.0. The molecule has 1 aliphatic heterocycles. The largest absolute Gasteiger partial charge is 0.389 e. The van der Waals surface area contributed by atoms with E-state index in [-0.39, 0.29) is 10.8 Å². The Balaban J connectivity index is 2.10. The van der Waals surface area contributed by atoms with Crippen LogP contribution >= 0.6 is 12.2 Å². The Bertz CT molecular complexity index is 465. The molecule has 0 radical (unpaired) electrons. The number of nitrogens with zero attached hydrogens (tertiary/aromatic N) is 1. The van der Waals surface area contributed by atoms with Crippen LogP contribution in [0.4, 0.5) is 4.39 Å². The smallest absolute Gasteiger partial charge is 0.133 e. The summed E-state index contributed by atoms with van der Waals surface area (Å²) in [7, 11) is 0. The van der Waals surface area contributed by atoms with E-state index < -0.39 is 0 Å². The van der Waals surface area contributed by atoms with Gasteiger partial charge in [-0.1, -0.05) is 32.1 Å². The minimum Gasteiger partial charge on any atom is -0.389 e. The number of thiocarbonyl (C=S) groups is 1. The van der Waals surface area contributed by atoms with Crippen LogP contribution in [0.15, 0.2) is 18.2 Å². The minimum absolute atomic E-state index is 0.125. The van der Waals surface area contributed by atoms with E-state index in [0.717, 1.165) is 37.0 Å². The first-order chi connectivity index (χ1) is 8.95. The molecule has 0 saturated carbocycles. The first kappa shape index (κ1) is 14.4. The normalized spacial score (nSPS) is 24.4. The van der Waals surface area contributed by atoms with E-state index in [2.05, 4.69) is 18.7 Å². The number of halogens is 1. The summed E-state index contributed by atoms with van der Waals surface area (Å²) in [5, 5.41) is 0. The second-order valence-corrected chi connectivity index (χ2v) is 6.26. The maximum atomic E-state index is 13.5. The van der Waals surface area contributed by atoms with Gasteiger partial charge < -0.3 is 5.73 Å². The second kappa shape index (κ2) is 5.97. The van der Waals surface area contributed by atoms with Gasteiger partial charge in [-0.3, -0.25) is 4.90 Å². The number of rotatable bonds is 3. The fourth-order valence-electron chi connectivity index (χ4n) is 3.04. The molecule has 1 aromatic carbocycles. The molecule has 104 valence electrons. The van der Waals surface area contributed by atoms with Crippen molar-refractivity contribution >= 4 is 17.2 Å². The molecule has 0 aliphatic carbocycles. The van der Waals surface area contributed by atoms with E-state index in [4.69, 9.17) is 18.0 Å². The van der Waals surface area contributed by atoms with Gasteiger partial charge in [-0.15, -0.1) is 0 Å². The summed E-state index contributed by atoms with van der Waals surface area (Å²) in [4.78, 5) is 2.55. The van der Waals surface area contributed by atoms with Gasteiger partial charge in [-0.25, -0.2) is 4.39 Å². The predicted molar refractivity (Wildman–Crippen MR) is 80.5 cm³/mol. The molecule has 1 heterocycles. The molecule has 0 spiro atoms. The number of hydrogen-bond donors (Lipinski definition) is 1. The van der Waals surface area contributed by atoms with Gasteiger partial charge in [0.15, 0.2) is 0 Å². The Morgan fingerprint density at radius 2 is 2.00 bits per heavy atom. The molecular formula is C15H21FN2S. The Labute approximate surface area is 119 Å². The summed E-state index contributed by atoms with van der Waals surface area (Å²) in [6, 6.07) is 5.06. The molecule has 2 atom stereocenters. The molecule has 1 aliphatic rings. The molecule has 0 amide bonds. The van der Waals surface area contributed by atoms with Crippen molar-refractivity contribution in [2.75, 3.05) is 13.1 Å². The summed E-state index contributed by atoms with van der Waals surface area (Å²) >= 11 is 4.88. The van der Waals surface area contributed by atoms with Crippen molar-refractivity contribution in [2.24, 2.45) is 17.6 Å². The van der Waals surface area contributed by atoms with Crippen LogP contribution < -0.4 is 5.73 Å². The third-order valence-electron chi connectivity index (χ3n) is 3.65. The lowest BCUT2D eigenvalue weighted by Crippen LogP contribution is -2.38. The van der Waals surface area contributed by atoms with E-state index in [0.29, 0.717) is 5.56 Å². The highest BCUT2D eigenvalue weighted by Gasteiger charge is 2.21. The topological polar surface area (TPSA) is 29.3 Å². The number of piperidine rings is 1. The van der Waals surface area contributed by atoms with Crippen LogP contribution in [0.5, 0.6) is 0 Å². The SMILES string of the molecule is CC1CC(C)CN(Cc2ccc(F)c(C(N)=S)c2)C1. The molecular weight excluding hydrogens is 259 g/mol. The van der Waals surface area contributed by atoms with Gasteiger partial charge in [0.2, 0.25) is 0 Å². The zero-order valence-corrected chi connectivity index (χ0v) is 12.3. The molecule has 2 rings (SSSR count). The van der Waals surface area contributed by atoms with Gasteiger partial charge in [0, 0.05) is 25.2 Å². The molecule has 4 heteroatoms. The highest BCUT2D eigenvalue weighted by Crippen LogP contribution is 2.23. The number of hydrogen-bond acceptors (Lipinski definition) is 2. The van der Waals surface area contributed by atoms with E-state index in [1.54, 1.807) is 6.07 Å². The predicted octanol–water partition coefficient (Wildman–Crippen LogP) is 2.94. The van der Waals surface area contributed by atoms with Gasteiger partial charge in [-0.05, 0) is 36.0 Å². The van der Waals surface area contributed by atoms with E-state index in [1.165, 1.54) is 12.5 Å². The van der Waals surface area contributed by atoms with E-state index in [9.17, 15) is 4.39 Å². The van der Waals surface area contributed by atoms with Crippen molar-refractivity contribution in [3.63, 3.8) is 0 Å². The van der Waals surface area contributed by atoms with Crippen LogP contribution in [-0.2, 0) is 6.54 Å². The lowest BCUT2D eigenvalue weighted by Gasteiger charge is -2.35. The molecule has 1 saturated heterocycles. The quantitative estimate of drug-likeness (QED) is 0.863. The second-order valence-electron chi connectivity index (χ2n) is 5.82. The van der Waals surface area contributed by atoms with Crippen LogP contribution in [-0.4, -0.2) is 23.0 Å². The van der Waals surface area contributed by atoms with Crippen molar-refractivity contribution in [2.45, 2.75) is 26.8 Å². The van der Waals surface area contributed by atoms with Crippen molar-refractivity contribution in [3.8, 4) is 0 Å². The molecule has 2 unspecified atom stereocenters. The third-order valence-corrected chi connectivity index (χ3v) is 3.87. The molecule has 0 bridgehead atoms. The maximum Gasteiger partial charge on any atom is 0.133 e. The van der Waals surface area contributed by atoms with E-state index in [1.807, 2.05) is 6.07 Å². The monoisotopic (exact) mass is 280 g/mol. The summed E-state index contributed by atoms with van der Waals surface area (Å²) < 4.78 is 13.5. The molecule has 19 heavy (non-hydrogen) atoms. The maximum absolute atomic E-state index is 13.5. The van der Waals surface area contributed by atoms with Crippen LogP contribution in [0.25, 0.3) is 0 Å². The Kier molecular flexibility index (Phi) is 4.53. The van der Waals surface area contributed by atoms with Crippen LogP contribution in [0.3, 0.4) is 0 Å². The Morgan fingerprint density at radius 1 is 1.37 bits per heavy atom. The molecule has 2 N–H and O–H groups in total. The molecule has 1 aromatic rings. The van der Waals surface area contributed by atoms with E-state index >= 15 is 0 Å². The molecule has 2 nitrogen and oxygen atoms in total. The highest BCUT2D eigenvalue weighted by molar-refractivity contribution is 7.80. The summed E-state index contributed by atoms with van der Waals surface area (Å²) in [6.07, 6.45) is 1.29. The van der Waals surface area contributed by atoms with Gasteiger partial charge in [0.05, 0.1) is 0 Å². The number of benzene rings is 1. The fraction of sp³-hybridized carbons (Fsp3) is 0.533. The average molecular weight is 280 g/mol. The van der Waals surface area contributed by atoms with Gasteiger partial charge in [-0.2, -0.15) is 0 Å². The van der Waals surface area contributed by atoms with Crippen molar-refractivity contribution < 1.29 is 4.39 Å². The average Bonchev–Trinajstić information content (AvgIpc) is 2.30. The standard InChI is InChI=1S/C15H21FN2S/c1-10-5-11(2)8-18(7-10)9-12-3-4-14(16)13(6-12)15(17)19/h3-4,6,10-11H,5,7-9H2,1-2H3,(H2,17,19). The van der Waals surface area contributed by atoms with Gasteiger partial charge >= 0.3 is 0 Å². The van der Waals surface area contributed by atoms with Gasteiger partial charge in [0.25, 0.3) is 0 Å². The van der Waals surface area contributed by atoms with Crippen LogP contribution in [0, 0.1) is 17.7 Å². The highest BCUT2D eigenvalue weighted by atomic mass is 32.1. The van der Waals surface area contributed by atoms with Crippen molar-refractivity contribution in [1.82, 2.24) is 4.90 Å². The van der Waals surface area contributed by atoms with Gasteiger partial charge in [0.1, 0.15) is 10.8 Å². The molecule has 0 aromatic heterocycles.